The first-order chi connectivity index (χ1) is 4.20. The molecular weight excluding hydrogens is 188 g/mol. The molecule has 1 heterocycles. The molecular formula is C4H2BrN2O2-. The molecule has 0 saturated heterocycles. The summed E-state index contributed by atoms with van der Waals surface area (Å²) in [6.45, 7) is 0. The fraction of sp³-hybridized carbons (Fsp3) is 0. The molecule has 0 aliphatic rings. The van der Waals surface area contributed by atoms with Crippen molar-refractivity contribution >= 4 is 21.9 Å². The summed E-state index contributed by atoms with van der Waals surface area (Å²) >= 11 is 2.99. The molecule has 0 unspecified atom stereocenters. The first-order valence-corrected chi connectivity index (χ1v) is 2.91. The van der Waals surface area contributed by atoms with E-state index in [2.05, 4.69) is 26.1 Å². The molecule has 0 aliphatic heterocycles. The number of nitrogens with zero attached hydrogens (tertiary/aromatic N) is 1. The van der Waals surface area contributed by atoms with Crippen LogP contribution in [-0.4, -0.2) is 16.2 Å². The molecule has 0 fully saturated rings. The zero-order valence-electron chi connectivity index (χ0n) is 4.22. The number of aromatic amines is 1. The van der Waals surface area contributed by atoms with Gasteiger partial charge in [0.25, 0.3) is 0 Å². The normalized spacial score (nSPS) is 9.44. The van der Waals surface area contributed by atoms with Gasteiger partial charge >= 0.3 is 0 Å². The van der Waals surface area contributed by atoms with Crippen LogP contribution in [0.4, 0.5) is 0 Å². The molecule has 9 heavy (non-hydrogen) atoms. The fourth-order valence-electron chi connectivity index (χ4n) is 0.403. The molecule has 4 nitrogen and oxygen atoms in total. The third-order valence-corrected chi connectivity index (χ3v) is 1.16. The maximum atomic E-state index is 10.00. The Morgan fingerprint density at radius 2 is 2.56 bits per heavy atom. The average molecular weight is 190 g/mol. The maximum absolute atomic E-state index is 10.00. The van der Waals surface area contributed by atoms with Crippen LogP contribution in [0, 0.1) is 0 Å². The Morgan fingerprint density at radius 3 is 2.78 bits per heavy atom. The molecule has 0 bridgehead atoms. The molecule has 48 valence electrons. The SMILES string of the molecule is O=C([O-])c1cc(Br)[nH]n1. The van der Waals surface area contributed by atoms with Crippen LogP contribution in [0.1, 0.15) is 10.5 Å². The third kappa shape index (κ3) is 1.29. The molecule has 0 aliphatic carbocycles. The summed E-state index contributed by atoms with van der Waals surface area (Å²) < 4.78 is 0.529. The summed E-state index contributed by atoms with van der Waals surface area (Å²) in [4.78, 5) is 10.00. The quantitative estimate of drug-likeness (QED) is 0.651. The Morgan fingerprint density at radius 1 is 1.89 bits per heavy atom. The Kier molecular flexibility index (Phi) is 1.52. The number of aromatic nitrogens is 2. The highest BCUT2D eigenvalue weighted by Crippen LogP contribution is 2.04. The fourth-order valence-corrected chi connectivity index (χ4v) is 0.708. The monoisotopic (exact) mass is 189 g/mol. The number of carboxylic acids is 1. The summed E-state index contributed by atoms with van der Waals surface area (Å²) in [5.41, 5.74) is -0.0955. The van der Waals surface area contributed by atoms with Gasteiger partial charge in [-0.3, -0.25) is 5.10 Å². The van der Waals surface area contributed by atoms with Crippen LogP contribution < -0.4 is 5.11 Å². The highest BCUT2D eigenvalue weighted by molar-refractivity contribution is 9.10. The van der Waals surface area contributed by atoms with Gasteiger partial charge in [0.2, 0.25) is 0 Å². The molecule has 0 aromatic carbocycles. The number of rotatable bonds is 1. The van der Waals surface area contributed by atoms with Crippen molar-refractivity contribution in [3.63, 3.8) is 0 Å². The number of nitrogens with one attached hydrogen (secondary N) is 1. The van der Waals surface area contributed by atoms with E-state index in [-0.39, 0.29) is 5.69 Å². The smallest absolute Gasteiger partial charge is 0.109 e. The van der Waals surface area contributed by atoms with Crippen molar-refractivity contribution in [2.75, 3.05) is 0 Å². The molecule has 0 radical (unpaired) electrons. The maximum Gasteiger partial charge on any atom is 0.109 e. The van der Waals surface area contributed by atoms with Crippen molar-refractivity contribution in [2.45, 2.75) is 0 Å². The summed E-state index contributed by atoms with van der Waals surface area (Å²) in [6.07, 6.45) is 0. The van der Waals surface area contributed by atoms with Gasteiger partial charge in [-0.2, -0.15) is 5.10 Å². The van der Waals surface area contributed by atoms with Gasteiger partial charge in [-0.1, -0.05) is 0 Å². The van der Waals surface area contributed by atoms with Crippen LogP contribution in [0.2, 0.25) is 0 Å². The number of hydrogen-bond donors (Lipinski definition) is 1. The summed E-state index contributed by atoms with van der Waals surface area (Å²) in [6, 6.07) is 1.33. The number of H-pyrrole nitrogens is 1. The third-order valence-electron chi connectivity index (χ3n) is 0.756. The van der Waals surface area contributed by atoms with Crippen molar-refractivity contribution in [3.8, 4) is 0 Å². The highest BCUT2D eigenvalue weighted by Gasteiger charge is 1.96. The number of halogens is 1. The van der Waals surface area contributed by atoms with Gasteiger partial charge in [-0.15, -0.1) is 0 Å². The van der Waals surface area contributed by atoms with E-state index < -0.39 is 5.97 Å². The predicted molar refractivity (Wildman–Crippen MR) is 30.6 cm³/mol. The van der Waals surface area contributed by atoms with Crippen LogP contribution in [0.25, 0.3) is 0 Å². The van der Waals surface area contributed by atoms with E-state index in [0.717, 1.165) is 0 Å². The second-order valence-electron chi connectivity index (χ2n) is 1.39. The van der Waals surface area contributed by atoms with Gasteiger partial charge in [0.1, 0.15) is 10.3 Å². The van der Waals surface area contributed by atoms with E-state index in [4.69, 9.17) is 0 Å². The lowest BCUT2D eigenvalue weighted by molar-refractivity contribution is -0.255. The number of carbonyl (C=O) groups is 1. The molecule has 0 saturated carbocycles. The van der Waals surface area contributed by atoms with Crippen molar-refractivity contribution in [2.24, 2.45) is 0 Å². The largest absolute Gasteiger partial charge is 0.543 e. The minimum absolute atomic E-state index is 0.0955. The van der Waals surface area contributed by atoms with Crippen LogP contribution in [0.3, 0.4) is 0 Å². The number of aromatic carboxylic acids is 1. The standard InChI is InChI=1S/C4H3BrN2O2/c5-3-1-2(4(8)9)6-7-3/h1H,(H,6,7)(H,8,9)/p-1. The van der Waals surface area contributed by atoms with Crippen molar-refractivity contribution < 1.29 is 9.90 Å². The van der Waals surface area contributed by atoms with E-state index >= 15 is 0 Å². The highest BCUT2D eigenvalue weighted by atomic mass is 79.9. The Hall–Kier alpha value is -0.840. The Balaban J connectivity index is 2.98. The summed E-state index contributed by atoms with van der Waals surface area (Å²) in [5, 5.41) is 15.8. The van der Waals surface area contributed by atoms with Gasteiger partial charge in [0.15, 0.2) is 0 Å². The van der Waals surface area contributed by atoms with Crippen molar-refractivity contribution in [1.29, 1.82) is 0 Å². The lowest BCUT2D eigenvalue weighted by atomic mass is 10.5. The van der Waals surface area contributed by atoms with Crippen LogP contribution in [-0.2, 0) is 0 Å². The predicted octanol–water partition coefficient (Wildman–Crippen LogP) is -0.464. The van der Waals surface area contributed by atoms with Gasteiger partial charge in [0, 0.05) is 0 Å². The molecule has 1 aromatic rings. The number of carbonyl (C=O) groups excluding carboxylic acids is 1. The molecule has 0 amide bonds. The van der Waals surface area contributed by atoms with Gasteiger partial charge < -0.3 is 9.90 Å². The summed E-state index contributed by atoms with van der Waals surface area (Å²) in [5.74, 6) is -1.28. The van der Waals surface area contributed by atoms with Crippen LogP contribution in [0.15, 0.2) is 10.7 Å². The van der Waals surface area contributed by atoms with E-state index in [1.165, 1.54) is 6.07 Å². The average Bonchev–Trinajstić information content (AvgIpc) is 2.14. The number of carboxylic acid groups (broad SMARTS) is 1. The molecule has 0 atom stereocenters. The zero-order chi connectivity index (χ0) is 6.85. The van der Waals surface area contributed by atoms with Crippen molar-refractivity contribution in [1.82, 2.24) is 10.2 Å². The minimum Gasteiger partial charge on any atom is -0.543 e. The lowest BCUT2D eigenvalue weighted by Crippen LogP contribution is -2.22. The molecule has 1 N–H and O–H groups in total. The lowest BCUT2D eigenvalue weighted by Gasteiger charge is -1.90. The molecule has 1 aromatic heterocycles. The van der Waals surface area contributed by atoms with E-state index in [9.17, 15) is 9.90 Å². The van der Waals surface area contributed by atoms with Crippen LogP contribution in [0.5, 0.6) is 0 Å². The van der Waals surface area contributed by atoms with E-state index in [1.54, 1.807) is 0 Å². The zero-order valence-corrected chi connectivity index (χ0v) is 5.81. The Labute approximate surface area is 59.0 Å². The minimum atomic E-state index is -1.28. The first kappa shape index (κ1) is 6.28. The molecule has 5 heteroatoms. The topological polar surface area (TPSA) is 68.8 Å². The number of hydrogen-bond acceptors (Lipinski definition) is 3. The second-order valence-corrected chi connectivity index (χ2v) is 2.24. The Bertz CT molecular complexity index is 232. The molecule has 1 rings (SSSR count). The second kappa shape index (κ2) is 2.18. The van der Waals surface area contributed by atoms with E-state index in [1.807, 2.05) is 0 Å². The van der Waals surface area contributed by atoms with Gasteiger partial charge in [0.05, 0.1) is 5.97 Å². The summed E-state index contributed by atoms with van der Waals surface area (Å²) in [7, 11) is 0. The van der Waals surface area contributed by atoms with Gasteiger partial charge in [-0.05, 0) is 22.0 Å². The van der Waals surface area contributed by atoms with Crippen molar-refractivity contribution in [3.05, 3.63) is 16.4 Å². The van der Waals surface area contributed by atoms with Gasteiger partial charge in [-0.25, -0.2) is 0 Å². The first-order valence-electron chi connectivity index (χ1n) is 2.12. The molecule has 0 spiro atoms. The van der Waals surface area contributed by atoms with E-state index in [0.29, 0.717) is 4.60 Å². The van der Waals surface area contributed by atoms with Crippen LogP contribution >= 0.6 is 15.9 Å².